The average Bonchev–Trinajstić information content (AvgIpc) is 3.47. The highest BCUT2D eigenvalue weighted by Crippen LogP contribution is 2.49. The topological polar surface area (TPSA) is 75.3 Å². The zero-order valence-electron chi connectivity index (χ0n) is 13.0. The van der Waals surface area contributed by atoms with Gasteiger partial charge >= 0.3 is 0 Å². The molecular formula is C17H18N2O3S2. The molecule has 2 aliphatic carbocycles. The van der Waals surface area contributed by atoms with Gasteiger partial charge in [-0.2, -0.15) is 0 Å². The molecule has 2 fully saturated rings. The summed E-state index contributed by atoms with van der Waals surface area (Å²) >= 11 is 1.18. The number of carbonyl (C=O) groups is 1. The first kappa shape index (κ1) is 15.7. The molecule has 2 saturated carbocycles. The van der Waals surface area contributed by atoms with Crippen molar-refractivity contribution in [1.82, 2.24) is 5.32 Å². The Morgan fingerprint density at radius 3 is 2.38 bits per heavy atom. The summed E-state index contributed by atoms with van der Waals surface area (Å²) in [6.07, 6.45) is 3.86. The van der Waals surface area contributed by atoms with Gasteiger partial charge in [0.15, 0.2) is 0 Å². The zero-order valence-corrected chi connectivity index (χ0v) is 14.6. The van der Waals surface area contributed by atoms with Gasteiger partial charge in [-0.15, -0.1) is 11.3 Å². The van der Waals surface area contributed by atoms with Gasteiger partial charge in [-0.25, -0.2) is 8.42 Å². The van der Waals surface area contributed by atoms with Crippen LogP contribution in [0, 0.1) is 0 Å². The van der Waals surface area contributed by atoms with Crippen molar-refractivity contribution in [2.45, 2.75) is 41.3 Å². The number of anilines is 1. The molecule has 0 aliphatic heterocycles. The van der Waals surface area contributed by atoms with Crippen LogP contribution in [0.25, 0.3) is 0 Å². The van der Waals surface area contributed by atoms with E-state index in [-0.39, 0.29) is 10.1 Å². The predicted molar refractivity (Wildman–Crippen MR) is 93.6 cm³/mol. The maximum atomic E-state index is 12.4. The summed E-state index contributed by atoms with van der Waals surface area (Å²) in [6, 6.07) is 10.8. The van der Waals surface area contributed by atoms with E-state index < -0.39 is 15.4 Å². The maximum absolute atomic E-state index is 12.4. The highest BCUT2D eigenvalue weighted by molar-refractivity contribution is 7.94. The number of benzene rings is 1. The molecule has 1 aromatic carbocycles. The molecule has 0 unspecified atom stereocenters. The third-order valence-electron chi connectivity index (χ3n) is 4.55. The minimum atomic E-state index is -3.54. The molecule has 24 heavy (non-hydrogen) atoms. The van der Waals surface area contributed by atoms with Gasteiger partial charge in [-0.3, -0.25) is 9.52 Å². The Morgan fingerprint density at radius 2 is 1.83 bits per heavy atom. The van der Waals surface area contributed by atoms with Crippen molar-refractivity contribution in [2.75, 3.05) is 4.72 Å². The molecule has 0 spiro atoms. The summed E-state index contributed by atoms with van der Waals surface area (Å²) in [4.78, 5) is 12.4. The Balaban J connectivity index is 1.50. The Morgan fingerprint density at radius 1 is 1.12 bits per heavy atom. The molecule has 2 N–H and O–H groups in total. The van der Waals surface area contributed by atoms with Crippen LogP contribution in [0.1, 0.15) is 31.2 Å². The molecule has 0 bridgehead atoms. The Kier molecular flexibility index (Phi) is 3.65. The van der Waals surface area contributed by atoms with Gasteiger partial charge in [0.1, 0.15) is 4.21 Å². The third kappa shape index (κ3) is 2.93. The first-order chi connectivity index (χ1) is 11.5. The van der Waals surface area contributed by atoms with Crippen molar-refractivity contribution >= 4 is 33.0 Å². The number of amides is 1. The molecular weight excluding hydrogens is 344 g/mol. The minimum Gasteiger partial charge on any atom is -0.353 e. The van der Waals surface area contributed by atoms with Crippen LogP contribution in [0.2, 0.25) is 0 Å². The SMILES string of the molecule is O=C(NC1CC1)C1(c2ccc(NS(=O)(=O)c3cccs3)cc2)CC1. The summed E-state index contributed by atoms with van der Waals surface area (Å²) in [5, 5.41) is 4.81. The lowest BCUT2D eigenvalue weighted by Crippen LogP contribution is -2.36. The largest absolute Gasteiger partial charge is 0.353 e. The number of carbonyl (C=O) groups excluding carboxylic acids is 1. The highest BCUT2D eigenvalue weighted by atomic mass is 32.2. The second-order valence-corrected chi connectivity index (χ2v) is 9.30. The van der Waals surface area contributed by atoms with Crippen LogP contribution in [-0.4, -0.2) is 20.4 Å². The van der Waals surface area contributed by atoms with E-state index in [1.807, 2.05) is 12.1 Å². The lowest BCUT2D eigenvalue weighted by atomic mass is 9.95. The molecule has 126 valence electrons. The van der Waals surface area contributed by atoms with Gasteiger partial charge in [0, 0.05) is 11.7 Å². The number of sulfonamides is 1. The molecule has 1 aromatic heterocycles. The van der Waals surface area contributed by atoms with Crippen LogP contribution in [0.3, 0.4) is 0 Å². The average molecular weight is 362 g/mol. The van der Waals surface area contributed by atoms with E-state index in [4.69, 9.17) is 0 Å². The lowest BCUT2D eigenvalue weighted by molar-refractivity contribution is -0.123. The minimum absolute atomic E-state index is 0.108. The summed E-state index contributed by atoms with van der Waals surface area (Å²) in [7, 11) is -3.54. The second kappa shape index (κ2) is 5.60. The molecule has 5 nitrogen and oxygen atoms in total. The second-order valence-electron chi connectivity index (χ2n) is 6.44. The first-order valence-electron chi connectivity index (χ1n) is 7.97. The fourth-order valence-electron chi connectivity index (χ4n) is 2.80. The molecule has 1 heterocycles. The van der Waals surface area contributed by atoms with Gasteiger partial charge in [-0.1, -0.05) is 18.2 Å². The molecule has 2 aromatic rings. The van der Waals surface area contributed by atoms with E-state index in [2.05, 4.69) is 10.0 Å². The highest BCUT2D eigenvalue weighted by Gasteiger charge is 2.52. The Bertz CT molecular complexity index is 850. The van der Waals surface area contributed by atoms with E-state index in [0.717, 1.165) is 31.2 Å². The smallest absolute Gasteiger partial charge is 0.271 e. The van der Waals surface area contributed by atoms with Gasteiger partial charge < -0.3 is 5.32 Å². The summed E-state index contributed by atoms with van der Waals surface area (Å²) in [6.45, 7) is 0. The van der Waals surface area contributed by atoms with Gasteiger partial charge in [-0.05, 0) is 54.8 Å². The number of rotatable bonds is 6. The molecule has 0 atom stereocenters. The van der Waals surface area contributed by atoms with Crippen LogP contribution in [0.5, 0.6) is 0 Å². The number of nitrogens with one attached hydrogen (secondary N) is 2. The summed E-state index contributed by atoms with van der Waals surface area (Å²) < 4.78 is 27.3. The van der Waals surface area contributed by atoms with Crippen molar-refractivity contribution in [1.29, 1.82) is 0 Å². The maximum Gasteiger partial charge on any atom is 0.271 e. The quantitative estimate of drug-likeness (QED) is 0.830. The molecule has 0 radical (unpaired) electrons. The third-order valence-corrected chi connectivity index (χ3v) is 7.33. The van der Waals surface area contributed by atoms with E-state index in [9.17, 15) is 13.2 Å². The van der Waals surface area contributed by atoms with Crippen molar-refractivity contribution in [3.63, 3.8) is 0 Å². The monoisotopic (exact) mass is 362 g/mol. The zero-order chi connectivity index (χ0) is 16.8. The van der Waals surface area contributed by atoms with Crippen molar-refractivity contribution in [3.8, 4) is 0 Å². The summed E-state index contributed by atoms with van der Waals surface area (Å²) in [5.41, 5.74) is 1.05. The Labute approximate surface area is 145 Å². The fraction of sp³-hybridized carbons (Fsp3) is 0.353. The lowest BCUT2D eigenvalue weighted by Gasteiger charge is -2.16. The Hall–Kier alpha value is -1.86. The van der Waals surface area contributed by atoms with E-state index in [0.29, 0.717) is 11.7 Å². The van der Waals surface area contributed by atoms with E-state index in [1.165, 1.54) is 11.3 Å². The van der Waals surface area contributed by atoms with E-state index in [1.54, 1.807) is 29.6 Å². The number of thiophene rings is 1. The van der Waals surface area contributed by atoms with Crippen molar-refractivity contribution in [3.05, 3.63) is 47.3 Å². The van der Waals surface area contributed by atoms with Crippen LogP contribution < -0.4 is 10.0 Å². The van der Waals surface area contributed by atoms with Crippen molar-refractivity contribution < 1.29 is 13.2 Å². The standard InChI is InChI=1S/C17H18N2O3S2/c20-16(18-13-7-8-13)17(9-10-17)12-3-5-14(6-4-12)19-24(21,22)15-2-1-11-23-15/h1-6,11,13,19H,7-10H2,(H,18,20). The summed E-state index contributed by atoms with van der Waals surface area (Å²) in [5.74, 6) is 0.108. The molecule has 2 aliphatic rings. The van der Waals surface area contributed by atoms with Crippen LogP contribution in [-0.2, 0) is 20.2 Å². The van der Waals surface area contributed by atoms with Gasteiger partial charge in [0.25, 0.3) is 10.0 Å². The predicted octanol–water partition coefficient (Wildman–Crippen LogP) is 2.86. The van der Waals surface area contributed by atoms with Crippen molar-refractivity contribution in [2.24, 2.45) is 0 Å². The van der Waals surface area contributed by atoms with Gasteiger partial charge in [0.05, 0.1) is 5.41 Å². The molecule has 0 saturated heterocycles. The van der Waals surface area contributed by atoms with Gasteiger partial charge in [0.2, 0.25) is 5.91 Å². The number of hydrogen-bond donors (Lipinski definition) is 2. The van der Waals surface area contributed by atoms with Crippen LogP contribution in [0.15, 0.2) is 46.0 Å². The molecule has 4 rings (SSSR count). The number of hydrogen-bond acceptors (Lipinski definition) is 4. The normalized spacial score (nSPS) is 18.8. The first-order valence-corrected chi connectivity index (χ1v) is 10.3. The molecule has 1 amide bonds. The van der Waals surface area contributed by atoms with E-state index >= 15 is 0 Å². The van der Waals surface area contributed by atoms with Crippen LogP contribution in [0.4, 0.5) is 5.69 Å². The fourth-order valence-corrected chi connectivity index (χ4v) is 4.85. The molecule has 7 heteroatoms. The van der Waals surface area contributed by atoms with Crippen LogP contribution >= 0.6 is 11.3 Å².